The first-order chi connectivity index (χ1) is 7.01. The van der Waals surface area contributed by atoms with Gasteiger partial charge in [0.15, 0.2) is 0 Å². The van der Waals surface area contributed by atoms with Gasteiger partial charge in [-0.15, -0.1) is 0 Å². The number of nitrogens with zero attached hydrogens (tertiary/aromatic N) is 1. The van der Waals surface area contributed by atoms with Crippen LogP contribution in [-0.2, 0) is 4.74 Å². The average molecular weight is 214 g/mol. The van der Waals surface area contributed by atoms with E-state index >= 15 is 0 Å². The molecule has 1 fully saturated rings. The van der Waals surface area contributed by atoms with Crippen molar-refractivity contribution in [3.05, 3.63) is 0 Å². The van der Waals surface area contributed by atoms with Crippen LogP contribution in [0.5, 0.6) is 0 Å². The molecule has 1 aliphatic rings. The van der Waals surface area contributed by atoms with Gasteiger partial charge in [0.1, 0.15) is 0 Å². The van der Waals surface area contributed by atoms with Crippen molar-refractivity contribution >= 4 is 0 Å². The van der Waals surface area contributed by atoms with E-state index in [2.05, 4.69) is 25.7 Å². The van der Waals surface area contributed by atoms with Crippen molar-refractivity contribution in [3.8, 4) is 0 Å². The molecule has 3 nitrogen and oxygen atoms in total. The molecule has 15 heavy (non-hydrogen) atoms. The molecule has 0 aliphatic carbocycles. The van der Waals surface area contributed by atoms with Crippen molar-refractivity contribution in [2.24, 2.45) is 11.7 Å². The third-order valence-electron chi connectivity index (χ3n) is 2.79. The minimum absolute atomic E-state index is 0.0759. The van der Waals surface area contributed by atoms with Gasteiger partial charge in [0.2, 0.25) is 0 Å². The fourth-order valence-corrected chi connectivity index (χ4v) is 2.29. The van der Waals surface area contributed by atoms with Crippen LogP contribution < -0.4 is 5.73 Å². The lowest BCUT2D eigenvalue weighted by atomic mass is 9.97. The van der Waals surface area contributed by atoms with E-state index < -0.39 is 0 Å². The van der Waals surface area contributed by atoms with Crippen molar-refractivity contribution in [3.63, 3.8) is 0 Å². The van der Waals surface area contributed by atoms with Crippen molar-refractivity contribution in [1.82, 2.24) is 4.90 Å². The van der Waals surface area contributed by atoms with Crippen LogP contribution in [0.4, 0.5) is 0 Å². The number of likely N-dealkylation sites (tertiary alicyclic amines) is 1. The van der Waals surface area contributed by atoms with E-state index in [-0.39, 0.29) is 5.54 Å². The van der Waals surface area contributed by atoms with Crippen LogP contribution in [0.3, 0.4) is 0 Å². The first-order valence-corrected chi connectivity index (χ1v) is 6.10. The van der Waals surface area contributed by atoms with Crippen molar-refractivity contribution < 1.29 is 4.74 Å². The Balaban J connectivity index is 2.29. The van der Waals surface area contributed by atoms with Crippen LogP contribution >= 0.6 is 0 Å². The highest BCUT2D eigenvalue weighted by atomic mass is 16.5. The fourth-order valence-electron chi connectivity index (χ4n) is 2.29. The van der Waals surface area contributed by atoms with Gasteiger partial charge in [-0.3, -0.25) is 0 Å². The molecule has 1 rings (SSSR count). The normalized spacial score (nSPS) is 24.4. The van der Waals surface area contributed by atoms with Gasteiger partial charge in [-0.05, 0) is 46.1 Å². The van der Waals surface area contributed by atoms with Crippen molar-refractivity contribution in [1.29, 1.82) is 0 Å². The Morgan fingerprint density at radius 1 is 1.47 bits per heavy atom. The summed E-state index contributed by atoms with van der Waals surface area (Å²) in [6, 6.07) is 0. The third-order valence-corrected chi connectivity index (χ3v) is 2.79. The van der Waals surface area contributed by atoms with E-state index in [1.807, 2.05) is 0 Å². The largest absolute Gasteiger partial charge is 0.381 e. The lowest BCUT2D eigenvalue weighted by Gasteiger charge is -2.36. The summed E-state index contributed by atoms with van der Waals surface area (Å²) in [7, 11) is 0. The highest BCUT2D eigenvalue weighted by molar-refractivity contribution is 4.81. The second-order valence-corrected chi connectivity index (χ2v) is 5.39. The zero-order valence-corrected chi connectivity index (χ0v) is 10.5. The van der Waals surface area contributed by atoms with Gasteiger partial charge in [0.25, 0.3) is 0 Å². The van der Waals surface area contributed by atoms with E-state index in [1.165, 1.54) is 19.4 Å². The predicted octanol–water partition coefficient (Wildman–Crippen LogP) is 1.47. The molecule has 1 atom stereocenters. The van der Waals surface area contributed by atoms with Gasteiger partial charge in [-0.2, -0.15) is 0 Å². The summed E-state index contributed by atoms with van der Waals surface area (Å²) in [5.74, 6) is 0.709. The quantitative estimate of drug-likeness (QED) is 0.753. The molecule has 1 aliphatic heterocycles. The molecular formula is C12H26N2O. The average Bonchev–Trinajstić information content (AvgIpc) is 2.12. The molecule has 0 amide bonds. The molecule has 1 saturated heterocycles. The first kappa shape index (κ1) is 12.9. The molecule has 1 heterocycles. The lowest BCUT2D eigenvalue weighted by Crippen LogP contribution is -2.49. The van der Waals surface area contributed by atoms with Crippen LogP contribution in [0.1, 0.15) is 33.6 Å². The third kappa shape index (κ3) is 5.50. The minimum Gasteiger partial charge on any atom is -0.381 e. The topological polar surface area (TPSA) is 38.5 Å². The summed E-state index contributed by atoms with van der Waals surface area (Å²) in [6.07, 6.45) is 2.59. The smallest absolute Gasteiger partial charge is 0.0506 e. The second kappa shape index (κ2) is 5.83. The zero-order valence-electron chi connectivity index (χ0n) is 10.5. The van der Waals surface area contributed by atoms with E-state index in [9.17, 15) is 0 Å². The van der Waals surface area contributed by atoms with E-state index in [0.717, 1.165) is 26.3 Å². The van der Waals surface area contributed by atoms with Gasteiger partial charge in [0, 0.05) is 25.2 Å². The molecule has 0 spiro atoms. The van der Waals surface area contributed by atoms with Crippen molar-refractivity contribution in [2.45, 2.75) is 39.2 Å². The molecule has 0 bridgehead atoms. The summed E-state index contributed by atoms with van der Waals surface area (Å²) in [6.45, 7) is 11.3. The van der Waals surface area contributed by atoms with E-state index in [1.54, 1.807) is 0 Å². The molecule has 0 aromatic carbocycles. The van der Waals surface area contributed by atoms with E-state index in [0.29, 0.717) is 5.92 Å². The Morgan fingerprint density at radius 3 is 2.80 bits per heavy atom. The minimum atomic E-state index is -0.0759. The summed E-state index contributed by atoms with van der Waals surface area (Å²) >= 11 is 0. The molecule has 3 heteroatoms. The maximum absolute atomic E-state index is 6.04. The molecule has 90 valence electrons. The van der Waals surface area contributed by atoms with Crippen LogP contribution in [0.2, 0.25) is 0 Å². The highest BCUT2D eigenvalue weighted by Crippen LogP contribution is 2.18. The summed E-state index contributed by atoms with van der Waals surface area (Å²) in [5.41, 5.74) is 5.96. The highest BCUT2D eigenvalue weighted by Gasteiger charge is 2.23. The van der Waals surface area contributed by atoms with Gasteiger partial charge in [-0.1, -0.05) is 0 Å². The Bertz CT molecular complexity index is 177. The van der Waals surface area contributed by atoms with E-state index in [4.69, 9.17) is 10.5 Å². The van der Waals surface area contributed by atoms with Crippen LogP contribution in [-0.4, -0.2) is 43.3 Å². The summed E-state index contributed by atoms with van der Waals surface area (Å²) in [4.78, 5) is 2.48. The number of hydrogen-bond donors (Lipinski definition) is 1. The molecule has 1 unspecified atom stereocenters. The van der Waals surface area contributed by atoms with Gasteiger partial charge < -0.3 is 15.4 Å². The standard InChI is InChI=1S/C12H26N2O/c1-4-15-9-11-6-5-7-14(8-11)10-12(2,3)13/h11H,4-10,13H2,1-3H3. The second-order valence-electron chi connectivity index (χ2n) is 5.39. The maximum atomic E-state index is 6.04. The number of ether oxygens (including phenoxy) is 1. The molecule has 0 aromatic heterocycles. The SMILES string of the molecule is CCOCC1CCCN(CC(C)(C)N)C1. The summed E-state index contributed by atoms with van der Waals surface area (Å²) in [5, 5.41) is 0. The molecule has 0 saturated carbocycles. The predicted molar refractivity (Wildman–Crippen MR) is 63.9 cm³/mol. The van der Waals surface area contributed by atoms with Crippen LogP contribution in [0, 0.1) is 5.92 Å². The Morgan fingerprint density at radius 2 is 2.20 bits per heavy atom. The number of rotatable bonds is 5. The fraction of sp³-hybridized carbons (Fsp3) is 1.00. The van der Waals surface area contributed by atoms with Gasteiger partial charge in [-0.25, -0.2) is 0 Å². The molecule has 0 radical (unpaired) electrons. The van der Waals surface area contributed by atoms with Crippen LogP contribution in [0.15, 0.2) is 0 Å². The van der Waals surface area contributed by atoms with Gasteiger partial charge in [0.05, 0.1) is 6.61 Å². The van der Waals surface area contributed by atoms with Crippen molar-refractivity contribution in [2.75, 3.05) is 32.8 Å². The maximum Gasteiger partial charge on any atom is 0.0506 e. The first-order valence-electron chi connectivity index (χ1n) is 6.10. The number of piperidine rings is 1. The summed E-state index contributed by atoms with van der Waals surface area (Å²) < 4.78 is 5.49. The van der Waals surface area contributed by atoms with Gasteiger partial charge >= 0.3 is 0 Å². The Kier molecular flexibility index (Phi) is 5.03. The monoisotopic (exact) mass is 214 g/mol. The zero-order chi connectivity index (χ0) is 11.3. The Labute approximate surface area is 94.0 Å². The number of nitrogens with two attached hydrogens (primary N) is 1. The lowest BCUT2D eigenvalue weighted by molar-refractivity contribution is 0.0613. The molecular weight excluding hydrogens is 188 g/mol. The Hall–Kier alpha value is -0.120. The molecule has 2 N–H and O–H groups in total. The number of hydrogen-bond acceptors (Lipinski definition) is 3. The molecule has 0 aromatic rings. The van der Waals surface area contributed by atoms with Crippen LogP contribution in [0.25, 0.3) is 0 Å².